The van der Waals surface area contributed by atoms with E-state index >= 15 is 0 Å². The van der Waals surface area contributed by atoms with Gasteiger partial charge in [0.05, 0.1) is 19.8 Å². The summed E-state index contributed by atoms with van der Waals surface area (Å²) in [4.78, 5) is 12.1. The molecule has 1 aromatic carbocycles. The van der Waals surface area contributed by atoms with Crippen LogP contribution in [0.15, 0.2) is 18.2 Å². The highest BCUT2D eigenvalue weighted by Gasteiger charge is 2.20. The third-order valence-corrected chi connectivity index (χ3v) is 3.36. The fourth-order valence-electron chi connectivity index (χ4n) is 2.33. The van der Waals surface area contributed by atoms with Gasteiger partial charge in [0, 0.05) is 11.8 Å². The zero-order valence-electron chi connectivity index (χ0n) is 12.1. The summed E-state index contributed by atoms with van der Waals surface area (Å²) in [6.07, 6.45) is 3.12. The molecule has 0 saturated carbocycles. The summed E-state index contributed by atoms with van der Waals surface area (Å²) < 4.78 is 10.7. The minimum Gasteiger partial charge on any atom is -0.493 e. The van der Waals surface area contributed by atoms with Crippen LogP contribution in [0.25, 0.3) is 0 Å². The van der Waals surface area contributed by atoms with Crippen molar-refractivity contribution in [2.45, 2.75) is 32.2 Å². The van der Waals surface area contributed by atoms with Crippen LogP contribution in [0.3, 0.4) is 0 Å². The number of amides is 1. The highest BCUT2D eigenvalue weighted by Crippen LogP contribution is 2.30. The lowest BCUT2D eigenvalue weighted by molar-refractivity contribution is -0.118. The number of rotatable bonds is 5. The van der Waals surface area contributed by atoms with E-state index in [-0.39, 0.29) is 11.9 Å². The van der Waals surface area contributed by atoms with Gasteiger partial charge in [-0.15, -0.1) is 0 Å². The van der Waals surface area contributed by atoms with Crippen LogP contribution in [0.4, 0.5) is 5.69 Å². The van der Waals surface area contributed by atoms with Crippen molar-refractivity contribution in [2.75, 3.05) is 25.6 Å². The fraction of sp³-hybridized carbons (Fsp3) is 0.533. The first-order valence-corrected chi connectivity index (χ1v) is 7.09. The van der Waals surface area contributed by atoms with Crippen molar-refractivity contribution >= 4 is 11.6 Å². The van der Waals surface area contributed by atoms with E-state index in [1.807, 2.05) is 19.1 Å². The van der Waals surface area contributed by atoms with Crippen LogP contribution < -0.4 is 20.1 Å². The quantitative estimate of drug-likeness (QED) is 0.866. The average molecular weight is 278 g/mol. The molecule has 1 amide bonds. The van der Waals surface area contributed by atoms with Crippen molar-refractivity contribution in [1.29, 1.82) is 0 Å². The molecule has 0 unspecified atom stereocenters. The number of nitrogens with one attached hydrogen (secondary N) is 2. The summed E-state index contributed by atoms with van der Waals surface area (Å²) in [5.41, 5.74) is 0.725. The predicted octanol–water partition coefficient (Wildman–Crippen LogP) is 2.17. The second kappa shape index (κ2) is 7.14. The third-order valence-electron chi connectivity index (χ3n) is 3.36. The molecule has 1 saturated heterocycles. The third kappa shape index (κ3) is 3.63. The lowest BCUT2D eigenvalue weighted by Gasteiger charge is -2.22. The lowest BCUT2D eigenvalue weighted by Crippen LogP contribution is -2.43. The Bertz CT molecular complexity index is 456. The highest BCUT2D eigenvalue weighted by atomic mass is 16.5. The Balaban J connectivity index is 2.03. The summed E-state index contributed by atoms with van der Waals surface area (Å²) in [5, 5.41) is 6.15. The molecule has 0 aliphatic carbocycles. The second-order valence-corrected chi connectivity index (χ2v) is 4.79. The van der Waals surface area contributed by atoms with Crippen LogP contribution in [-0.2, 0) is 4.79 Å². The van der Waals surface area contributed by atoms with Crippen molar-refractivity contribution in [3.63, 3.8) is 0 Å². The second-order valence-electron chi connectivity index (χ2n) is 4.79. The van der Waals surface area contributed by atoms with Gasteiger partial charge in [-0.25, -0.2) is 0 Å². The molecule has 0 radical (unpaired) electrons. The van der Waals surface area contributed by atoms with Crippen molar-refractivity contribution in [2.24, 2.45) is 0 Å². The first-order chi connectivity index (χ1) is 9.74. The van der Waals surface area contributed by atoms with Gasteiger partial charge in [0.2, 0.25) is 5.91 Å². The minimum absolute atomic E-state index is 0.0101. The van der Waals surface area contributed by atoms with Crippen molar-refractivity contribution in [3.05, 3.63) is 18.2 Å². The Hall–Kier alpha value is -1.75. The van der Waals surface area contributed by atoms with E-state index in [2.05, 4.69) is 10.6 Å². The number of anilines is 1. The molecule has 1 atom stereocenters. The Morgan fingerprint density at radius 3 is 2.90 bits per heavy atom. The molecule has 5 heteroatoms. The van der Waals surface area contributed by atoms with Gasteiger partial charge >= 0.3 is 0 Å². The van der Waals surface area contributed by atoms with Gasteiger partial charge in [0.1, 0.15) is 0 Å². The van der Waals surface area contributed by atoms with Gasteiger partial charge in [-0.1, -0.05) is 6.42 Å². The van der Waals surface area contributed by atoms with Crippen LogP contribution in [0, 0.1) is 0 Å². The van der Waals surface area contributed by atoms with Gasteiger partial charge in [-0.3, -0.25) is 4.79 Å². The number of hydrogen-bond acceptors (Lipinski definition) is 4. The molecule has 1 fully saturated rings. The topological polar surface area (TPSA) is 59.6 Å². The van der Waals surface area contributed by atoms with E-state index in [0.717, 1.165) is 31.5 Å². The molecule has 20 heavy (non-hydrogen) atoms. The molecule has 0 aromatic heterocycles. The van der Waals surface area contributed by atoms with Gasteiger partial charge in [0.25, 0.3) is 0 Å². The van der Waals surface area contributed by atoms with Crippen LogP contribution in [0.1, 0.15) is 26.2 Å². The summed E-state index contributed by atoms with van der Waals surface area (Å²) in [7, 11) is 1.59. The Labute approximate surface area is 119 Å². The molecule has 5 nitrogen and oxygen atoms in total. The Morgan fingerprint density at radius 1 is 1.40 bits per heavy atom. The zero-order chi connectivity index (χ0) is 14.4. The van der Waals surface area contributed by atoms with E-state index in [1.54, 1.807) is 13.2 Å². The van der Waals surface area contributed by atoms with E-state index < -0.39 is 0 Å². The van der Waals surface area contributed by atoms with Crippen molar-refractivity contribution < 1.29 is 14.3 Å². The Kier molecular flexibility index (Phi) is 5.24. The zero-order valence-corrected chi connectivity index (χ0v) is 12.1. The summed E-state index contributed by atoms with van der Waals surface area (Å²) in [5.74, 6) is 1.32. The maximum atomic E-state index is 12.1. The minimum atomic E-state index is -0.0960. The SMILES string of the molecule is CCOc1ccc(NC(=O)[C@@H]2CCCCN2)cc1OC. The van der Waals surface area contributed by atoms with E-state index in [4.69, 9.17) is 9.47 Å². The molecule has 1 aromatic rings. The maximum absolute atomic E-state index is 12.1. The first-order valence-electron chi connectivity index (χ1n) is 7.09. The number of benzene rings is 1. The predicted molar refractivity (Wildman–Crippen MR) is 78.4 cm³/mol. The summed E-state index contributed by atoms with van der Waals surface area (Å²) in [6.45, 7) is 3.41. The van der Waals surface area contributed by atoms with Crippen molar-refractivity contribution in [3.8, 4) is 11.5 Å². The van der Waals surface area contributed by atoms with Crippen LogP contribution in [0.5, 0.6) is 11.5 Å². The van der Waals surface area contributed by atoms with Crippen LogP contribution >= 0.6 is 0 Å². The normalized spacial score (nSPS) is 18.4. The number of carbonyl (C=O) groups is 1. The van der Waals surface area contributed by atoms with Crippen LogP contribution in [0.2, 0.25) is 0 Å². The summed E-state index contributed by atoms with van der Waals surface area (Å²) >= 11 is 0. The molecular weight excluding hydrogens is 256 g/mol. The smallest absolute Gasteiger partial charge is 0.241 e. The fourth-order valence-corrected chi connectivity index (χ4v) is 2.33. The molecule has 0 spiro atoms. The number of hydrogen-bond donors (Lipinski definition) is 2. The van der Waals surface area contributed by atoms with E-state index in [0.29, 0.717) is 18.1 Å². The molecule has 2 N–H and O–H groups in total. The number of ether oxygens (including phenoxy) is 2. The van der Waals surface area contributed by atoms with Crippen molar-refractivity contribution in [1.82, 2.24) is 5.32 Å². The number of piperidine rings is 1. The van der Waals surface area contributed by atoms with Gasteiger partial charge in [0.15, 0.2) is 11.5 Å². The van der Waals surface area contributed by atoms with Gasteiger partial charge < -0.3 is 20.1 Å². The molecule has 2 rings (SSSR count). The number of methoxy groups -OCH3 is 1. The van der Waals surface area contributed by atoms with Gasteiger partial charge in [-0.2, -0.15) is 0 Å². The molecule has 1 aliphatic rings. The average Bonchev–Trinajstić information content (AvgIpc) is 2.50. The molecule has 1 heterocycles. The lowest BCUT2D eigenvalue weighted by atomic mass is 10.0. The molecule has 110 valence electrons. The maximum Gasteiger partial charge on any atom is 0.241 e. The molecule has 0 bridgehead atoms. The standard InChI is InChI=1S/C15H22N2O3/c1-3-20-13-8-7-11(10-14(13)19-2)17-15(18)12-6-4-5-9-16-12/h7-8,10,12,16H,3-6,9H2,1-2H3,(H,17,18)/t12-/m0/s1. The largest absolute Gasteiger partial charge is 0.493 e. The number of carbonyl (C=O) groups excluding carboxylic acids is 1. The first kappa shape index (κ1) is 14.7. The highest BCUT2D eigenvalue weighted by molar-refractivity contribution is 5.95. The van der Waals surface area contributed by atoms with Gasteiger partial charge in [-0.05, 0) is 38.4 Å². The van der Waals surface area contributed by atoms with E-state index in [9.17, 15) is 4.79 Å². The van der Waals surface area contributed by atoms with Crippen LogP contribution in [-0.4, -0.2) is 32.2 Å². The monoisotopic (exact) mass is 278 g/mol. The molecular formula is C15H22N2O3. The van der Waals surface area contributed by atoms with E-state index in [1.165, 1.54) is 0 Å². The summed E-state index contributed by atoms with van der Waals surface area (Å²) in [6, 6.07) is 5.33. The Morgan fingerprint density at radius 2 is 2.25 bits per heavy atom. The molecule has 1 aliphatic heterocycles.